The maximum atomic E-state index is 14.1. The first-order valence-electron chi connectivity index (χ1n) is 9.42. The lowest BCUT2D eigenvalue weighted by Crippen LogP contribution is -2.48. The fraction of sp³-hybridized carbons (Fsp3) is 0.474. The largest absolute Gasteiger partial charge is 0.389 e. The van der Waals surface area contributed by atoms with Gasteiger partial charge in [-0.05, 0) is 37.0 Å². The second kappa shape index (κ2) is 7.67. The van der Waals surface area contributed by atoms with Crippen LogP contribution in [-0.4, -0.2) is 68.0 Å². The molecule has 2 aromatic rings. The third kappa shape index (κ3) is 3.62. The molecule has 2 fully saturated rings. The van der Waals surface area contributed by atoms with Crippen molar-refractivity contribution in [2.75, 3.05) is 13.1 Å². The summed E-state index contributed by atoms with van der Waals surface area (Å²) >= 11 is 0. The Balaban J connectivity index is 1.40. The molecule has 8 nitrogen and oxygen atoms in total. The van der Waals surface area contributed by atoms with Crippen LogP contribution in [0.3, 0.4) is 0 Å². The van der Waals surface area contributed by atoms with Gasteiger partial charge in [-0.3, -0.25) is 9.59 Å². The standard InChI is InChI=1S/C19H22FN5O3/c20-17(12-4-1-5-12)18(27)23-14-10-24(11-15(14)26)19(28)13-6-2-7-16(22-13)25-9-3-8-21-25/h2-3,6-9,12,14-15,17,26H,1,4-5,10-11H2,(H,23,27)/t14-,15-,17?/m1/s1. The number of rotatable bonds is 5. The third-order valence-electron chi connectivity index (χ3n) is 5.41. The summed E-state index contributed by atoms with van der Waals surface area (Å²) in [5.41, 5.74) is 0.213. The number of aromatic nitrogens is 3. The number of aliphatic hydroxyl groups excluding tert-OH is 1. The van der Waals surface area contributed by atoms with Gasteiger partial charge in [0.2, 0.25) is 0 Å². The predicted octanol–water partition coefficient (Wildman–Crippen LogP) is 0.707. The van der Waals surface area contributed by atoms with Gasteiger partial charge in [0.15, 0.2) is 12.0 Å². The normalized spacial score (nSPS) is 23.3. The van der Waals surface area contributed by atoms with Crippen LogP contribution in [0.2, 0.25) is 0 Å². The van der Waals surface area contributed by atoms with Crippen LogP contribution in [0.15, 0.2) is 36.7 Å². The summed E-state index contributed by atoms with van der Waals surface area (Å²) in [6.07, 6.45) is 3.19. The minimum atomic E-state index is -1.56. The van der Waals surface area contributed by atoms with E-state index < -0.39 is 24.2 Å². The number of nitrogens with one attached hydrogen (secondary N) is 1. The molecule has 2 aliphatic rings. The molecule has 4 rings (SSSR count). The number of hydrogen-bond acceptors (Lipinski definition) is 5. The van der Waals surface area contributed by atoms with E-state index in [1.165, 1.54) is 4.90 Å². The highest BCUT2D eigenvalue weighted by molar-refractivity contribution is 5.93. The molecular formula is C19H22FN5O3. The summed E-state index contributed by atoms with van der Waals surface area (Å²) in [5.74, 6) is -0.797. The van der Waals surface area contributed by atoms with Crippen LogP contribution in [0.5, 0.6) is 0 Å². The van der Waals surface area contributed by atoms with Crippen LogP contribution in [0.25, 0.3) is 5.82 Å². The zero-order valence-corrected chi connectivity index (χ0v) is 15.2. The number of pyridine rings is 1. The van der Waals surface area contributed by atoms with Crippen LogP contribution >= 0.6 is 0 Å². The molecule has 2 aromatic heterocycles. The summed E-state index contributed by atoms with van der Waals surface area (Å²) in [6.45, 7) is 0.161. The first kappa shape index (κ1) is 18.5. The number of carbonyl (C=O) groups excluding carboxylic acids is 2. The lowest BCUT2D eigenvalue weighted by atomic mass is 9.81. The number of β-amino-alcohol motifs (C(OH)–C–C–N with tert-alkyl or cyclic N) is 1. The van der Waals surface area contributed by atoms with E-state index in [-0.39, 0.29) is 30.6 Å². The zero-order chi connectivity index (χ0) is 19.7. The van der Waals surface area contributed by atoms with E-state index in [0.717, 1.165) is 6.42 Å². The van der Waals surface area contributed by atoms with Gasteiger partial charge in [-0.2, -0.15) is 5.10 Å². The Morgan fingerprint density at radius 2 is 2.07 bits per heavy atom. The molecule has 1 saturated carbocycles. The third-order valence-corrected chi connectivity index (χ3v) is 5.41. The van der Waals surface area contributed by atoms with E-state index in [1.54, 1.807) is 41.3 Å². The molecule has 9 heteroatoms. The van der Waals surface area contributed by atoms with Crippen molar-refractivity contribution >= 4 is 11.8 Å². The number of carbonyl (C=O) groups is 2. The van der Waals surface area contributed by atoms with Crippen LogP contribution in [0, 0.1) is 5.92 Å². The van der Waals surface area contributed by atoms with E-state index in [0.29, 0.717) is 18.7 Å². The van der Waals surface area contributed by atoms with Crippen molar-refractivity contribution in [3.05, 3.63) is 42.4 Å². The molecule has 0 spiro atoms. The van der Waals surface area contributed by atoms with Crippen molar-refractivity contribution in [2.24, 2.45) is 5.92 Å². The smallest absolute Gasteiger partial charge is 0.272 e. The van der Waals surface area contributed by atoms with Crippen molar-refractivity contribution in [1.29, 1.82) is 0 Å². The first-order valence-corrected chi connectivity index (χ1v) is 9.42. The second-order valence-electron chi connectivity index (χ2n) is 7.32. The molecule has 1 aliphatic heterocycles. The maximum Gasteiger partial charge on any atom is 0.272 e. The van der Waals surface area contributed by atoms with E-state index >= 15 is 0 Å². The minimum Gasteiger partial charge on any atom is -0.389 e. The molecule has 1 saturated heterocycles. The molecule has 2 N–H and O–H groups in total. The van der Waals surface area contributed by atoms with Crippen LogP contribution < -0.4 is 5.32 Å². The highest BCUT2D eigenvalue weighted by Crippen LogP contribution is 2.31. The number of nitrogens with zero attached hydrogens (tertiary/aromatic N) is 4. The van der Waals surface area contributed by atoms with Crippen molar-refractivity contribution in [2.45, 2.75) is 37.6 Å². The molecule has 2 amide bonds. The lowest BCUT2D eigenvalue weighted by Gasteiger charge is -2.28. The van der Waals surface area contributed by atoms with Gasteiger partial charge in [0.1, 0.15) is 5.69 Å². The van der Waals surface area contributed by atoms with Gasteiger partial charge in [-0.1, -0.05) is 12.5 Å². The van der Waals surface area contributed by atoms with E-state index in [9.17, 15) is 19.1 Å². The Morgan fingerprint density at radius 1 is 1.25 bits per heavy atom. The monoisotopic (exact) mass is 387 g/mol. The van der Waals surface area contributed by atoms with Gasteiger partial charge in [-0.15, -0.1) is 0 Å². The number of hydrogen-bond donors (Lipinski definition) is 2. The lowest BCUT2D eigenvalue weighted by molar-refractivity contribution is -0.130. The molecule has 3 atom stereocenters. The average molecular weight is 387 g/mol. The maximum absolute atomic E-state index is 14.1. The molecule has 148 valence electrons. The molecule has 0 aromatic carbocycles. The zero-order valence-electron chi connectivity index (χ0n) is 15.2. The number of amides is 2. The van der Waals surface area contributed by atoms with Gasteiger partial charge >= 0.3 is 0 Å². The molecule has 0 bridgehead atoms. The molecule has 28 heavy (non-hydrogen) atoms. The number of aliphatic hydroxyl groups is 1. The SMILES string of the molecule is O=C(N[C@@H]1CN(C(=O)c2cccc(-n3cccn3)n2)C[C@H]1O)C(F)C1CCC1. The molecule has 0 radical (unpaired) electrons. The molecule has 1 aliphatic carbocycles. The Labute approximate surface area is 161 Å². The Kier molecular flexibility index (Phi) is 5.08. The van der Waals surface area contributed by atoms with Gasteiger partial charge in [0.05, 0.1) is 12.1 Å². The fourth-order valence-electron chi connectivity index (χ4n) is 3.54. The summed E-state index contributed by atoms with van der Waals surface area (Å²) in [7, 11) is 0. The molecule has 1 unspecified atom stereocenters. The highest BCUT2D eigenvalue weighted by Gasteiger charge is 2.39. The van der Waals surface area contributed by atoms with Gasteiger partial charge < -0.3 is 15.3 Å². The Morgan fingerprint density at radius 3 is 2.75 bits per heavy atom. The number of halogens is 1. The highest BCUT2D eigenvalue weighted by atomic mass is 19.1. The van der Waals surface area contributed by atoms with Crippen LogP contribution in [0.1, 0.15) is 29.8 Å². The van der Waals surface area contributed by atoms with Gasteiger partial charge in [0.25, 0.3) is 11.8 Å². The Bertz CT molecular complexity index is 855. The van der Waals surface area contributed by atoms with Crippen molar-refractivity contribution < 1.29 is 19.1 Å². The fourth-order valence-corrected chi connectivity index (χ4v) is 3.54. The summed E-state index contributed by atoms with van der Waals surface area (Å²) in [5, 5.41) is 16.9. The van der Waals surface area contributed by atoms with Crippen molar-refractivity contribution in [3.63, 3.8) is 0 Å². The summed E-state index contributed by atoms with van der Waals surface area (Å²) < 4.78 is 15.7. The summed E-state index contributed by atoms with van der Waals surface area (Å²) in [4.78, 5) is 30.6. The quantitative estimate of drug-likeness (QED) is 0.787. The van der Waals surface area contributed by atoms with E-state index in [1.807, 2.05) is 0 Å². The molecule has 3 heterocycles. The van der Waals surface area contributed by atoms with E-state index in [4.69, 9.17) is 0 Å². The van der Waals surface area contributed by atoms with Crippen LogP contribution in [0.4, 0.5) is 4.39 Å². The first-order chi connectivity index (χ1) is 13.5. The predicted molar refractivity (Wildman–Crippen MR) is 97.4 cm³/mol. The van der Waals surface area contributed by atoms with Crippen LogP contribution in [-0.2, 0) is 4.79 Å². The summed E-state index contributed by atoms with van der Waals surface area (Å²) in [6, 6.07) is 6.08. The minimum absolute atomic E-state index is 0.0534. The number of alkyl halides is 1. The molecular weight excluding hydrogens is 365 g/mol. The second-order valence-corrected chi connectivity index (χ2v) is 7.32. The van der Waals surface area contributed by atoms with Crippen molar-refractivity contribution in [1.82, 2.24) is 25.0 Å². The Hall–Kier alpha value is -2.81. The number of likely N-dealkylation sites (tertiary alicyclic amines) is 1. The van der Waals surface area contributed by atoms with Crippen molar-refractivity contribution in [3.8, 4) is 5.82 Å². The average Bonchev–Trinajstić information content (AvgIpc) is 3.30. The van der Waals surface area contributed by atoms with Gasteiger partial charge in [-0.25, -0.2) is 14.1 Å². The van der Waals surface area contributed by atoms with E-state index in [2.05, 4.69) is 15.4 Å². The van der Waals surface area contributed by atoms with Gasteiger partial charge in [0, 0.05) is 25.5 Å². The topological polar surface area (TPSA) is 100 Å².